The van der Waals surface area contributed by atoms with Crippen molar-refractivity contribution in [3.63, 3.8) is 0 Å². The average molecular weight is 350 g/mol. The van der Waals surface area contributed by atoms with Gasteiger partial charge in [-0.25, -0.2) is 8.42 Å². The second-order valence-corrected chi connectivity index (χ2v) is 7.28. The number of benzene rings is 1. The Morgan fingerprint density at radius 3 is 2.83 bits per heavy atom. The third-order valence-electron chi connectivity index (χ3n) is 3.02. The zero-order valence-corrected chi connectivity index (χ0v) is 14.1. The van der Waals surface area contributed by atoms with Crippen molar-refractivity contribution in [3.05, 3.63) is 45.7 Å². The normalized spacial score (nSPS) is 12.1. The fourth-order valence-electron chi connectivity index (χ4n) is 1.81. The van der Waals surface area contributed by atoms with E-state index >= 15 is 0 Å². The number of carbonyl (C=O) groups is 1. The predicted molar refractivity (Wildman–Crippen MR) is 85.2 cm³/mol. The molecule has 0 radical (unpaired) electrons. The molecule has 0 atom stereocenters. The number of hydrogen-bond acceptors (Lipinski definition) is 5. The summed E-state index contributed by atoms with van der Waals surface area (Å²) in [5.74, 6) is -0.528. The first kappa shape index (κ1) is 17.1. The van der Waals surface area contributed by atoms with E-state index in [0.29, 0.717) is 10.4 Å². The molecule has 0 saturated heterocycles. The van der Waals surface area contributed by atoms with Crippen molar-refractivity contribution in [2.75, 3.05) is 6.54 Å². The summed E-state index contributed by atoms with van der Waals surface area (Å²) in [6, 6.07) is 6.05. The highest BCUT2D eigenvalue weighted by molar-refractivity contribution is 7.89. The monoisotopic (exact) mass is 350 g/mol. The summed E-state index contributed by atoms with van der Waals surface area (Å²) in [6.45, 7) is 1.28. The quantitative estimate of drug-likeness (QED) is 0.829. The van der Waals surface area contributed by atoms with E-state index in [0.717, 1.165) is 0 Å². The molecule has 120 valence electrons. The minimum absolute atomic E-state index is 0.0376. The van der Waals surface area contributed by atoms with E-state index in [9.17, 15) is 13.2 Å². The summed E-state index contributed by atoms with van der Waals surface area (Å²) < 4.78 is 28.2. The summed E-state index contributed by atoms with van der Waals surface area (Å²) in [4.78, 5) is 16.7. The first-order valence-corrected chi connectivity index (χ1v) is 8.88. The molecule has 1 aromatic carbocycles. The third kappa shape index (κ3) is 3.92. The number of amides is 1. The number of nitrogens with zero attached hydrogens (tertiary/aromatic N) is 3. The van der Waals surface area contributed by atoms with Crippen LogP contribution in [0.25, 0.3) is 0 Å². The lowest BCUT2D eigenvalue weighted by Crippen LogP contribution is -2.25. The molecule has 23 heavy (non-hydrogen) atoms. The molecule has 0 saturated carbocycles. The van der Waals surface area contributed by atoms with E-state index < -0.39 is 15.9 Å². The lowest BCUT2D eigenvalue weighted by Gasteiger charge is -2.08. The van der Waals surface area contributed by atoms with Gasteiger partial charge in [-0.1, -0.05) is 6.07 Å². The van der Waals surface area contributed by atoms with Crippen LogP contribution in [0.15, 0.2) is 39.7 Å². The van der Waals surface area contributed by atoms with E-state index in [2.05, 4.69) is 9.71 Å². The van der Waals surface area contributed by atoms with Crippen LogP contribution in [0, 0.1) is 18.3 Å². The van der Waals surface area contributed by atoms with Crippen molar-refractivity contribution < 1.29 is 13.2 Å². The van der Waals surface area contributed by atoms with E-state index in [4.69, 9.17) is 5.26 Å². The van der Waals surface area contributed by atoms with Crippen LogP contribution < -0.4 is 9.52 Å². The van der Waals surface area contributed by atoms with Gasteiger partial charge in [0.15, 0.2) is 4.80 Å². The summed E-state index contributed by atoms with van der Waals surface area (Å²) in [5.41, 5.74) is 0.648. The highest BCUT2D eigenvalue weighted by Crippen LogP contribution is 2.17. The Morgan fingerprint density at radius 1 is 1.48 bits per heavy atom. The zero-order valence-electron chi connectivity index (χ0n) is 12.5. The third-order valence-corrected chi connectivity index (χ3v) is 5.41. The molecule has 0 aliphatic rings. The van der Waals surface area contributed by atoms with Gasteiger partial charge >= 0.3 is 0 Å². The van der Waals surface area contributed by atoms with Gasteiger partial charge in [0.2, 0.25) is 10.0 Å². The molecule has 0 unspecified atom stereocenters. The summed E-state index contributed by atoms with van der Waals surface area (Å²) in [6.07, 6.45) is 1.77. The Bertz CT molecular complexity index is 949. The highest BCUT2D eigenvalue weighted by Gasteiger charge is 2.18. The van der Waals surface area contributed by atoms with Crippen molar-refractivity contribution in [1.82, 2.24) is 9.29 Å². The van der Waals surface area contributed by atoms with Gasteiger partial charge in [0, 0.05) is 24.2 Å². The van der Waals surface area contributed by atoms with Crippen LogP contribution in [0.5, 0.6) is 0 Å². The summed E-state index contributed by atoms with van der Waals surface area (Å²) >= 11 is 1.31. The Labute approximate surface area is 137 Å². The number of nitrogens with one attached hydrogen (secondary N) is 1. The molecule has 9 heteroatoms. The second kappa shape index (κ2) is 6.87. The number of sulfonamides is 1. The van der Waals surface area contributed by atoms with Gasteiger partial charge in [0.25, 0.3) is 5.91 Å². The van der Waals surface area contributed by atoms with E-state index in [1.807, 2.05) is 0 Å². The molecule has 0 aliphatic carbocycles. The molecule has 0 fully saturated rings. The second-order valence-electron chi connectivity index (χ2n) is 4.68. The molecule has 1 N–H and O–H groups in total. The van der Waals surface area contributed by atoms with Gasteiger partial charge in [-0.2, -0.15) is 15.0 Å². The SMILES string of the molecule is Cc1ccc(C(=O)N=c2sccn2C)cc1S(=O)(=O)NCC#N. The number of carbonyl (C=O) groups excluding carboxylic acids is 1. The standard InChI is InChI=1S/C14H14N4O3S2/c1-10-3-4-11(9-12(10)23(20,21)16-6-5-15)13(19)17-14-18(2)7-8-22-14/h3-4,7-9,16H,6H2,1-2H3. The Balaban J connectivity index is 2.44. The van der Waals surface area contributed by atoms with Crippen molar-refractivity contribution in [1.29, 1.82) is 5.26 Å². The number of thiazole rings is 1. The molecular formula is C14H14N4O3S2. The van der Waals surface area contributed by atoms with Crippen LogP contribution in [-0.2, 0) is 17.1 Å². The van der Waals surface area contributed by atoms with Crippen molar-refractivity contribution in [2.24, 2.45) is 12.0 Å². The van der Waals surface area contributed by atoms with Gasteiger partial charge in [-0.15, -0.1) is 11.3 Å². The van der Waals surface area contributed by atoms with Crippen LogP contribution in [0.1, 0.15) is 15.9 Å². The maximum absolute atomic E-state index is 12.2. The smallest absolute Gasteiger partial charge is 0.279 e. The Hall–Kier alpha value is -2.28. The zero-order chi connectivity index (χ0) is 17.0. The van der Waals surface area contributed by atoms with Gasteiger partial charge in [-0.3, -0.25) is 4.79 Å². The molecule has 0 bridgehead atoms. The number of rotatable bonds is 4. The van der Waals surface area contributed by atoms with Crippen molar-refractivity contribution >= 4 is 27.3 Å². The average Bonchev–Trinajstić information content (AvgIpc) is 2.90. The van der Waals surface area contributed by atoms with Crippen molar-refractivity contribution in [2.45, 2.75) is 11.8 Å². The molecule has 2 rings (SSSR count). The maximum Gasteiger partial charge on any atom is 0.279 e. The molecule has 0 aliphatic heterocycles. The first-order chi connectivity index (χ1) is 10.8. The lowest BCUT2D eigenvalue weighted by molar-refractivity contribution is 0.0997. The molecule has 7 nitrogen and oxygen atoms in total. The molecule has 1 amide bonds. The van der Waals surface area contributed by atoms with Gasteiger partial charge < -0.3 is 4.57 Å². The van der Waals surface area contributed by atoms with Crippen LogP contribution in [0.2, 0.25) is 0 Å². The van der Waals surface area contributed by atoms with Gasteiger partial charge in [0.1, 0.15) is 0 Å². The van der Waals surface area contributed by atoms with Crippen LogP contribution in [0.3, 0.4) is 0 Å². The van der Waals surface area contributed by atoms with Gasteiger partial charge in [0.05, 0.1) is 17.5 Å². The first-order valence-electron chi connectivity index (χ1n) is 6.51. The maximum atomic E-state index is 12.2. The largest absolute Gasteiger partial charge is 0.327 e. The number of aromatic nitrogens is 1. The molecule has 0 spiro atoms. The molecule has 1 heterocycles. The number of hydrogen-bond donors (Lipinski definition) is 1. The lowest BCUT2D eigenvalue weighted by atomic mass is 10.1. The predicted octanol–water partition coefficient (Wildman–Crippen LogP) is 0.938. The highest BCUT2D eigenvalue weighted by atomic mass is 32.2. The van der Waals surface area contributed by atoms with Crippen LogP contribution in [-0.4, -0.2) is 25.4 Å². The Morgan fingerprint density at radius 2 is 2.22 bits per heavy atom. The van der Waals surface area contributed by atoms with E-state index in [1.165, 1.54) is 29.5 Å². The van der Waals surface area contributed by atoms with Crippen LogP contribution >= 0.6 is 11.3 Å². The van der Waals surface area contributed by atoms with E-state index in [-0.39, 0.29) is 17.0 Å². The van der Waals surface area contributed by atoms with Gasteiger partial charge in [-0.05, 0) is 24.6 Å². The molecule has 1 aromatic heterocycles. The Kier molecular flexibility index (Phi) is 5.10. The number of aryl methyl sites for hydroxylation is 2. The topological polar surface area (TPSA) is 104 Å². The summed E-state index contributed by atoms with van der Waals surface area (Å²) in [7, 11) is -2.08. The summed E-state index contributed by atoms with van der Waals surface area (Å²) in [5, 5.41) is 10.3. The minimum atomic E-state index is -3.85. The van der Waals surface area contributed by atoms with Crippen molar-refractivity contribution in [3.8, 4) is 6.07 Å². The fourth-order valence-corrected chi connectivity index (χ4v) is 3.73. The molecule has 2 aromatic rings. The van der Waals surface area contributed by atoms with E-state index in [1.54, 1.807) is 36.2 Å². The number of nitriles is 1. The minimum Gasteiger partial charge on any atom is -0.327 e. The molecular weight excluding hydrogens is 336 g/mol. The van der Waals surface area contributed by atoms with Crippen LogP contribution in [0.4, 0.5) is 0 Å². The fraction of sp³-hybridized carbons (Fsp3) is 0.214.